The molecular weight excluding hydrogens is 542 g/mol. The Hall–Kier alpha value is -3.19. The fourth-order valence-corrected chi connectivity index (χ4v) is 7.13. The van der Waals surface area contributed by atoms with Crippen LogP contribution in [0, 0.1) is 5.92 Å². The van der Waals surface area contributed by atoms with Crippen LogP contribution >= 0.6 is 0 Å². The Balaban J connectivity index is 1.55. The van der Waals surface area contributed by atoms with E-state index in [0.717, 1.165) is 30.0 Å². The number of hydrogen-bond donors (Lipinski definition) is 2. The molecule has 1 fully saturated rings. The van der Waals surface area contributed by atoms with Gasteiger partial charge in [-0.3, -0.25) is 9.35 Å². The van der Waals surface area contributed by atoms with Crippen LogP contribution in [0.3, 0.4) is 0 Å². The number of amides is 1. The highest BCUT2D eigenvalue weighted by Crippen LogP contribution is 2.29. The van der Waals surface area contributed by atoms with Gasteiger partial charge in [0, 0.05) is 5.69 Å². The van der Waals surface area contributed by atoms with Crippen molar-refractivity contribution in [2.24, 2.45) is 10.3 Å². The molecule has 0 radical (unpaired) electrons. The predicted octanol–water partition coefficient (Wildman–Crippen LogP) is 5.00. The van der Waals surface area contributed by atoms with Gasteiger partial charge in [-0.25, -0.2) is 17.0 Å². The number of nitrogens with zero attached hydrogens (tertiary/aromatic N) is 2. The van der Waals surface area contributed by atoms with Crippen LogP contribution in [-0.2, 0) is 31.4 Å². The molecule has 0 saturated heterocycles. The fourth-order valence-electron chi connectivity index (χ4n) is 4.47. The Morgan fingerprint density at radius 3 is 2.33 bits per heavy atom. The maximum atomic E-state index is 13.6. The van der Waals surface area contributed by atoms with Crippen molar-refractivity contribution in [1.29, 1.82) is 0 Å². The fraction of sp³-hybridized carbons (Fsp3) is 0.370. The SMILES string of the molecule is COc1ccc(NC(=O)CN(Cc2ccco2)S(=O)(=O)c2ccc(S(=O)(O)=N[C@H]3CCCC[C@H]3C)cc2)cc1. The van der Waals surface area contributed by atoms with Gasteiger partial charge < -0.3 is 14.5 Å². The van der Waals surface area contributed by atoms with Crippen LogP contribution in [-0.4, -0.2) is 47.1 Å². The van der Waals surface area contributed by atoms with Gasteiger partial charge in [0.15, 0.2) is 10.0 Å². The molecule has 39 heavy (non-hydrogen) atoms. The Labute approximate surface area is 229 Å². The largest absolute Gasteiger partial charge is 0.497 e. The van der Waals surface area contributed by atoms with E-state index in [1.807, 2.05) is 6.92 Å². The summed E-state index contributed by atoms with van der Waals surface area (Å²) in [4.78, 5) is 12.7. The van der Waals surface area contributed by atoms with Crippen molar-refractivity contribution in [1.82, 2.24) is 4.31 Å². The Bertz CT molecular complexity index is 1480. The molecule has 210 valence electrons. The quantitative estimate of drug-likeness (QED) is 0.347. The van der Waals surface area contributed by atoms with Crippen LogP contribution in [0.2, 0.25) is 0 Å². The Kier molecular flexibility index (Phi) is 9.11. The lowest BCUT2D eigenvalue weighted by Gasteiger charge is -2.25. The number of rotatable bonds is 10. The molecule has 1 heterocycles. The number of ether oxygens (including phenoxy) is 1. The summed E-state index contributed by atoms with van der Waals surface area (Å²) in [6, 6.07) is 14.8. The number of anilines is 1. The number of benzene rings is 2. The van der Waals surface area contributed by atoms with Crippen molar-refractivity contribution >= 4 is 31.6 Å². The van der Waals surface area contributed by atoms with Crippen molar-refractivity contribution in [3.63, 3.8) is 0 Å². The first kappa shape index (κ1) is 28.8. The molecule has 1 aromatic heterocycles. The van der Waals surface area contributed by atoms with Crippen molar-refractivity contribution in [3.05, 3.63) is 72.7 Å². The van der Waals surface area contributed by atoms with Gasteiger partial charge in [0.1, 0.15) is 11.5 Å². The molecule has 12 heteroatoms. The summed E-state index contributed by atoms with van der Waals surface area (Å²) in [7, 11) is -6.35. The molecular formula is C27H33N3O7S2. The molecule has 0 bridgehead atoms. The average Bonchev–Trinajstić information content (AvgIpc) is 3.43. The van der Waals surface area contributed by atoms with Crippen molar-refractivity contribution in [2.45, 2.75) is 55.0 Å². The van der Waals surface area contributed by atoms with E-state index in [4.69, 9.17) is 9.15 Å². The van der Waals surface area contributed by atoms with Gasteiger partial charge in [-0.15, -0.1) is 0 Å². The van der Waals surface area contributed by atoms with Crippen LogP contribution in [0.25, 0.3) is 0 Å². The van der Waals surface area contributed by atoms with Gasteiger partial charge >= 0.3 is 0 Å². The highest BCUT2D eigenvalue weighted by molar-refractivity contribution is 7.89. The minimum absolute atomic E-state index is 0.0362. The van der Waals surface area contributed by atoms with Crippen LogP contribution in [0.1, 0.15) is 38.4 Å². The van der Waals surface area contributed by atoms with E-state index in [1.165, 1.54) is 37.6 Å². The molecule has 2 aromatic carbocycles. The summed E-state index contributed by atoms with van der Waals surface area (Å²) in [6.45, 7) is 1.36. The smallest absolute Gasteiger partial charge is 0.243 e. The number of carbonyl (C=O) groups is 1. The number of furan rings is 1. The van der Waals surface area contributed by atoms with Crippen LogP contribution in [0.5, 0.6) is 5.75 Å². The first-order chi connectivity index (χ1) is 18.6. The molecule has 1 amide bonds. The molecule has 1 aliphatic carbocycles. The molecule has 3 atom stereocenters. The highest BCUT2D eigenvalue weighted by atomic mass is 32.2. The molecule has 1 saturated carbocycles. The molecule has 4 rings (SSSR count). The molecule has 0 aliphatic heterocycles. The number of sulfonamides is 1. The minimum atomic E-state index is -4.19. The summed E-state index contributed by atoms with van der Waals surface area (Å²) in [5.41, 5.74) is 0.481. The summed E-state index contributed by atoms with van der Waals surface area (Å²) >= 11 is 0. The molecule has 0 spiro atoms. The first-order valence-electron chi connectivity index (χ1n) is 12.6. The van der Waals surface area contributed by atoms with Gasteiger partial charge in [-0.2, -0.15) is 4.31 Å². The van der Waals surface area contributed by atoms with Gasteiger partial charge in [0.05, 0.1) is 42.3 Å². The first-order valence-corrected chi connectivity index (χ1v) is 15.5. The summed E-state index contributed by atoms with van der Waals surface area (Å²) in [5, 5.41) is 2.68. The Morgan fingerprint density at radius 1 is 1.05 bits per heavy atom. The maximum absolute atomic E-state index is 13.6. The molecule has 2 N–H and O–H groups in total. The predicted molar refractivity (Wildman–Crippen MR) is 147 cm³/mol. The second kappa shape index (κ2) is 12.3. The summed E-state index contributed by atoms with van der Waals surface area (Å²) in [5.74, 6) is 0.633. The average molecular weight is 576 g/mol. The van der Waals surface area contributed by atoms with E-state index in [-0.39, 0.29) is 28.3 Å². The zero-order valence-corrected chi connectivity index (χ0v) is 23.5. The summed E-state index contributed by atoms with van der Waals surface area (Å²) < 4.78 is 66.5. The van der Waals surface area contributed by atoms with Crippen LogP contribution in [0.4, 0.5) is 5.69 Å². The van der Waals surface area contributed by atoms with Crippen molar-refractivity contribution in [2.75, 3.05) is 19.0 Å². The third kappa shape index (κ3) is 7.27. The zero-order valence-electron chi connectivity index (χ0n) is 21.9. The zero-order chi connectivity index (χ0) is 28.0. The molecule has 1 aliphatic rings. The second-order valence-electron chi connectivity index (χ2n) is 9.53. The number of hydrogen-bond acceptors (Lipinski definition) is 7. The Morgan fingerprint density at radius 2 is 1.72 bits per heavy atom. The van der Waals surface area contributed by atoms with E-state index < -0.39 is 32.5 Å². The third-order valence-electron chi connectivity index (χ3n) is 6.72. The van der Waals surface area contributed by atoms with E-state index in [9.17, 15) is 22.0 Å². The maximum Gasteiger partial charge on any atom is 0.243 e. The third-order valence-corrected chi connectivity index (χ3v) is 9.97. The van der Waals surface area contributed by atoms with E-state index >= 15 is 0 Å². The van der Waals surface area contributed by atoms with Crippen LogP contribution in [0.15, 0.2) is 85.5 Å². The topological polar surface area (TPSA) is 139 Å². The molecule has 3 aromatic rings. The van der Waals surface area contributed by atoms with Gasteiger partial charge in [-0.05, 0) is 79.4 Å². The number of nitrogens with one attached hydrogen (secondary N) is 1. The van der Waals surface area contributed by atoms with Gasteiger partial charge in [-0.1, -0.05) is 19.8 Å². The van der Waals surface area contributed by atoms with E-state index in [2.05, 4.69) is 9.68 Å². The van der Waals surface area contributed by atoms with Crippen molar-refractivity contribution in [3.8, 4) is 5.75 Å². The monoisotopic (exact) mass is 575 g/mol. The van der Waals surface area contributed by atoms with Gasteiger partial charge in [0.2, 0.25) is 15.9 Å². The van der Waals surface area contributed by atoms with Gasteiger partial charge in [0.25, 0.3) is 0 Å². The lowest BCUT2D eigenvalue weighted by Crippen LogP contribution is -2.37. The number of methoxy groups -OCH3 is 1. The molecule has 10 nitrogen and oxygen atoms in total. The normalized spacial score (nSPS) is 19.3. The minimum Gasteiger partial charge on any atom is -0.497 e. The summed E-state index contributed by atoms with van der Waals surface area (Å²) in [6.07, 6.45) is 5.17. The van der Waals surface area contributed by atoms with Crippen molar-refractivity contribution < 1.29 is 31.1 Å². The number of carbonyl (C=O) groups excluding carboxylic acids is 1. The lowest BCUT2D eigenvalue weighted by atomic mass is 9.87. The standard InChI is InChI=1S/C27H33N3O7S2/c1-20-6-3-4-8-26(20)29-38(32,33)24-13-15-25(16-14-24)39(34,35)30(18-23-7-5-17-37-23)19-27(31)28-21-9-11-22(36-2)12-10-21/h5,7,9-17,20,26H,3-4,6,8,18-19H2,1-2H3,(H,28,31)(H,29,32,33)/t20-,26+/m1/s1. The van der Waals surface area contributed by atoms with Crippen LogP contribution < -0.4 is 10.1 Å². The second-order valence-corrected chi connectivity index (χ2v) is 13.1. The highest BCUT2D eigenvalue weighted by Gasteiger charge is 2.29. The van der Waals surface area contributed by atoms with E-state index in [0.29, 0.717) is 17.2 Å². The van der Waals surface area contributed by atoms with E-state index in [1.54, 1.807) is 36.4 Å². The molecule has 1 unspecified atom stereocenters. The lowest BCUT2D eigenvalue weighted by molar-refractivity contribution is -0.116.